The summed E-state index contributed by atoms with van der Waals surface area (Å²) in [5.74, 6) is 2.05. The number of hydrogen-bond donors (Lipinski definition) is 0. The third kappa shape index (κ3) is 5.57. The number of hydrogen-bond acceptors (Lipinski definition) is 3. The number of aromatic nitrogens is 4. The van der Waals surface area contributed by atoms with Crippen LogP contribution in [-0.4, -0.2) is 19.3 Å². The highest BCUT2D eigenvalue weighted by Crippen LogP contribution is 2.50. The van der Waals surface area contributed by atoms with Crippen molar-refractivity contribution in [3.05, 3.63) is 186 Å². The summed E-state index contributed by atoms with van der Waals surface area (Å²) < 4.78 is 25.0. The average Bonchev–Trinajstić information content (AvgIpc) is 3.67. The maximum atomic E-state index is 14.4. The topological polar surface area (TPSA) is 44.9 Å². The zero-order valence-electron chi connectivity index (χ0n) is 29.1. The molecule has 254 valence electrons. The van der Waals surface area contributed by atoms with Crippen LogP contribution >= 0.6 is 0 Å². The number of pyridine rings is 1. The molecule has 9 rings (SSSR count). The molecule has 0 fully saturated rings. The second kappa shape index (κ2) is 13.1. The number of nitrogens with zero attached hydrogens (tertiary/aromatic N) is 4. The van der Waals surface area contributed by atoms with Gasteiger partial charge in [-0.2, -0.15) is 5.10 Å². The van der Waals surface area contributed by atoms with Crippen LogP contribution in [0.5, 0.6) is 11.5 Å². The molecule has 0 aliphatic heterocycles. The Balaban J connectivity index is 1.10. The van der Waals surface area contributed by atoms with Crippen molar-refractivity contribution in [1.29, 1.82) is 0 Å². The normalized spacial score (nSPS) is 15.9. The van der Waals surface area contributed by atoms with Gasteiger partial charge in [-0.05, 0) is 85.7 Å². The number of rotatable bonds is 7. The molecule has 5 nitrogen and oxygen atoms in total. The van der Waals surface area contributed by atoms with E-state index in [0.29, 0.717) is 23.2 Å². The molecule has 5 aromatic carbocycles. The molecule has 6 heteroatoms. The Morgan fingerprint density at radius 3 is 2.29 bits per heavy atom. The van der Waals surface area contributed by atoms with E-state index in [2.05, 4.69) is 108 Å². The molecule has 0 saturated carbocycles. The number of para-hydroxylation sites is 1. The number of aryl methyl sites for hydroxylation is 1. The van der Waals surface area contributed by atoms with E-state index < -0.39 is 0 Å². The van der Waals surface area contributed by atoms with Crippen molar-refractivity contribution < 1.29 is 9.13 Å². The van der Waals surface area contributed by atoms with Gasteiger partial charge >= 0.3 is 0 Å². The van der Waals surface area contributed by atoms with Crippen molar-refractivity contribution in [3.63, 3.8) is 0 Å². The smallest absolute Gasteiger partial charge is 0.140 e. The molecule has 0 spiro atoms. The first kappa shape index (κ1) is 31.7. The molecule has 0 N–H and O–H groups in total. The Morgan fingerprint density at radius 2 is 1.46 bits per heavy atom. The molecule has 3 heterocycles. The lowest BCUT2D eigenvalue weighted by molar-refractivity contribution is 0.482. The van der Waals surface area contributed by atoms with E-state index in [1.54, 1.807) is 0 Å². The van der Waals surface area contributed by atoms with E-state index >= 15 is 0 Å². The zero-order valence-corrected chi connectivity index (χ0v) is 29.1. The molecule has 3 aromatic heterocycles. The van der Waals surface area contributed by atoms with Gasteiger partial charge in [-0.25, -0.2) is 14.1 Å². The van der Waals surface area contributed by atoms with Crippen molar-refractivity contribution in [2.45, 2.75) is 38.5 Å². The highest BCUT2D eigenvalue weighted by molar-refractivity contribution is 6.09. The molecule has 0 bridgehead atoms. The van der Waals surface area contributed by atoms with Crippen LogP contribution in [0.1, 0.15) is 52.8 Å². The van der Waals surface area contributed by atoms with E-state index in [4.69, 9.17) is 9.84 Å². The molecule has 0 amide bonds. The van der Waals surface area contributed by atoms with Gasteiger partial charge in [0.2, 0.25) is 0 Å². The van der Waals surface area contributed by atoms with E-state index in [-0.39, 0.29) is 11.7 Å². The Hall–Kier alpha value is -6.27. The minimum absolute atomic E-state index is 0.165. The van der Waals surface area contributed by atoms with Gasteiger partial charge in [0, 0.05) is 52.3 Å². The second-order valence-electron chi connectivity index (χ2n) is 13.6. The van der Waals surface area contributed by atoms with Crippen LogP contribution in [0.3, 0.4) is 0 Å². The SMILES string of the molecule is Cc1nn(-c2cccc(Oc3ccc4c5ccccc5n(-c5cc(F)ccn5)c4c3)c2)c(C)c1C1C(c2ccccc2)=CCC[C@@H]1c1ccccc1. The molecule has 2 atom stereocenters. The van der Waals surface area contributed by atoms with Gasteiger partial charge in [-0.1, -0.05) is 91.0 Å². The second-order valence-corrected chi connectivity index (χ2v) is 13.6. The van der Waals surface area contributed by atoms with Crippen LogP contribution in [0.4, 0.5) is 4.39 Å². The van der Waals surface area contributed by atoms with E-state index in [0.717, 1.165) is 51.7 Å². The Kier molecular flexibility index (Phi) is 8.00. The van der Waals surface area contributed by atoms with Gasteiger partial charge in [-0.3, -0.25) is 4.57 Å². The Bertz CT molecular complexity index is 2600. The summed E-state index contributed by atoms with van der Waals surface area (Å²) in [6.45, 7) is 4.33. The molecule has 1 aliphatic rings. The number of allylic oxidation sites excluding steroid dienone is 2. The fourth-order valence-corrected chi connectivity index (χ4v) is 8.22. The van der Waals surface area contributed by atoms with E-state index in [9.17, 15) is 4.39 Å². The minimum atomic E-state index is -0.334. The largest absolute Gasteiger partial charge is 0.457 e. The lowest BCUT2D eigenvalue weighted by atomic mass is 9.69. The third-order valence-electron chi connectivity index (χ3n) is 10.5. The van der Waals surface area contributed by atoms with Crippen molar-refractivity contribution in [2.75, 3.05) is 0 Å². The van der Waals surface area contributed by atoms with Gasteiger partial charge in [0.1, 0.15) is 23.1 Å². The Labute approximate surface area is 302 Å². The van der Waals surface area contributed by atoms with E-state index in [1.165, 1.54) is 40.6 Å². The maximum Gasteiger partial charge on any atom is 0.140 e. The Morgan fingerprint density at radius 1 is 0.712 bits per heavy atom. The van der Waals surface area contributed by atoms with Gasteiger partial charge < -0.3 is 4.74 Å². The summed E-state index contributed by atoms with van der Waals surface area (Å²) in [5, 5.41) is 7.28. The number of fused-ring (bicyclic) bond motifs is 3. The molecule has 0 saturated heterocycles. The van der Waals surface area contributed by atoms with Crippen LogP contribution in [0.15, 0.2) is 152 Å². The molecular weight excluding hydrogens is 644 g/mol. The van der Waals surface area contributed by atoms with Crippen LogP contribution in [-0.2, 0) is 0 Å². The minimum Gasteiger partial charge on any atom is -0.457 e. The van der Waals surface area contributed by atoms with Gasteiger partial charge in [0.05, 0.1) is 22.4 Å². The monoisotopic (exact) mass is 680 g/mol. The first-order valence-corrected chi connectivity index (χ1v) is 17.8. The summed E-state index contributed by atoms with van der Waals surface area (Å²) in [6, 6.07) is 46.8. The summed E-state index contributed by atoms with van der Waals surface area (Å²) >= 11 is 0. The molecular formula is C46H37FN4O. The average molecular weight is 681 g/mol. The molecule has 0 radical (unpaired) electrons. The summed E-state index contributed by atoms with van der Waals surface area (Å²) in [6.07, 6.45) is 6.05. The summed E-state index contributed by atoms with van der Waals surface area (Å²) in [4.78, 5) is 4.50. The van der Waals surface area contributed by atoms with Gasteiger partial charge in [-0.15, -0.1) is 0 Å². The predicted octanol–water partition coefficient (Wildman–Crippen LogP) is 11.7. The number of halogens is 1. The first-order chi connectivity index (χ1) is 25.5. The maximum absolute atomic E-state index is 14.4. The highest BCUT2D eigenvalue weighted by Gasteiger charge is 2.35. The van der Waals surface area contributed by atoms with E-state index in [1.807, 2.05) is 53.1 Å². The molecule has 8 aromatic rings. The standard InChI is InChI=1S/C46H37FN4O/c1-30-45(46-38(32-13-5-3-6-14-32)20-12-21-39(46)33-15-7-4-8-16-33)31(2)51(49-30)35-17-11-18-36(28-35)52-37-23-24-41-40-19-9-10-22-42(40)50(43(41)29-37)44-27-34(47)25-26-48-44/h3-11,13-20,22-29,39,46H,12,21H2,1-2H3/t39-,46?/m1/s1. The lowest BCUT2D eigenvalue weighted by Gasteiger charge is -2.34. The highest BCUT2D eigenvalue weighted by atomic mass is 19.1. The van der Waals surface area contributed by atoms with Crippen molar-refractivity contribution in [1.82, 2.24) is 19.3 Å². The first-order valence-electron chi connectivity index (χ1n) is 17.8. The van der Waals surface area contributed by atoms with Crippen LogP contribution in [0.2, 0.25) is 0 Å². The number of benzene rings is 5. The zero-order chi connectivity index (χ0) is 35.2. The summed E-state index contributed by atoms with van der Waals surface area (Å²) in [7, 11) is 0. The predicted molar refractivity (Wildman–Crippen MR) is 207 cm³/mol. The third-order valence-corrected chi connectivity index (χ3v) is 10.5. The quantitative estimate of drug-likeness (QED) is 0.168. The van der Waals surface area contributed by atoms with Crippen molar-refractivity contribution in [2.24, 2.45) is 0 Å². The van der Waals surface area contributed by atoms with Crippen LogP contribution in [0.25, 0.3) is 38.9 Å². The summed E-state index contributed by atoms with van der Waals surface area (Å²) in [5.41, 5.74) is 10.2. The lowest BCUT2D eigenvalue weighted by Crippen LogP contribution is -2.18. The fourth-order valence-electron chi connectivity index (χ4n) is 8.22. The van der Waals surface area contributed by atoms with Crippen LogP contribution < -0.4 is 4.74 Å². The molecule has 1 aliphatic carbocycles. The van der Waals surface area contributed by atoms with Crippen molar-refractivity contribution >= 4 is 27.4 Å². The van der Waals surface area contributed by atoms with Crippen LogP contribution in [0, 0.1) is 19.7 Å². The van der Waals surface area contributed by atoms with Crippen molar-refractivity contribution in [3.8, 4) is 23.0 Å². The molecule has 52 heavy (non-hydrogen) atoms. The fraction of sp³-hybridized carbons (Fsp3) is 0.130. The van der Waals surface area contributed by atoms with Gasteiger partial charge in [0.25, 0.3) is 0 Å². The molecule has 1 unspecified atom stereocenters. The number of ether oxygens (including phenoxy) is 1. The van der Waals surface area contributed by atoms with Gasteiger partial charge in [0.15, 0.2) is 0 Å².